The highest BCUT2D eigenvalue weighted by molar-refractivity contribution is 4.49. The monoisotopic (exact) mass is 160 g/mol. The molecule has 1 heteroatoms. The lowest BCUT2D eigenvalue weighted by Crippen LogP contribution is -1.99. The second-order valence-electron chi connectivity index (χ2n) is 2.78. The third kappa shape index (κ3) is 13.0. The third-order valence-corrected chi connectivity index (χ3v) is 1.61. The van der Waals surface area contributed by atoms with Crippen molar-refractivity contribution in [3.05, 3.63) is 0 Å². The summed E-state index contributed by atoms with van der Waals surface area (Å²) in [6.45, 7) is 8.64. The van der Waals surface area contributed by atoms with Gasteiger partial charge < -0.3 is 5.11 Å². The summed E-state index contributed by atoms with van der Waals surface area (Å²) in [6.07, 6.45) is 5.05. The lowest BCUT2D eigenvalue weighted by molar-refractivity contribution is 0.227. The molecule has 0 saturated heterocycles. The van der Waals surface area contributed by atoms with Gasteiger partial charge in [0.05, 0.1) is 0 Å². The maximum atomic E-state index is 8.63. The summed E-state index contributed by atoms with van der Waals surface area (Å²) < 4.78 is 0. The van der Waals surface area contributed by atoms with Crippen molar-refractivity contribution in [2.75, 3.05) is 6.61 Å². The van der Waals surface area contributed by atoms with E-state index in [4.69, 9.17) is 5.11 Å². The molecule has 0 aromatic heterocycles. The van der Waals surface area contributed by atoms with Gasteiger partial charge in [-0.2, -0.15) is 0 Å². The zero-order chi connectivity index (χ0) is 9.11. The highest BCUT2D eigenvalue weighted by atomic mass is 16.3. The van der Waals surface area contributed by atoms with Crippen LogP contribution in [0.5, 0.6) is 0 Å². The van der Waals surface area contributed by atoms with Gasteiger partial charge in [0.1, 0.15) is 0 Å². The molecule has 1 nitrogen and oxygen atoms in total. The van der Waals surface area contributed by atoms with Crippen LogP contribution < -0.4 is 0 Å². The first kappa shape index (κ1) is 13.5. The smallest absolute Gasteiger partial charge is 0.0456 e. The molecule has 0 heterocycles. The van der Waals surface area contributed by atoms with Crippen LogP contribution in [0.25, 0.3) is 0 Å². The molecule has 70 valence electrons. The van der Waals surface area contributed by atoms with Gasteiger partial charge in [-0.3, -0.25) is 0 Å². The molecule has 1 atom stereocenters. The van der Waals surface area contributed by atoms with Gasteiger partial charge >= 0.3 is 0 Å². The fourth-order valence-electron chi connectivity index (χ4n) is 0.834. The number of rotatable bonds is 5. The average Bonchev–Trinajstić information content (AvgIpc) is 2.08. The summed E-state index contributed by atoms with van der Waals surface area (Å²) >= 11 is 0. The van der Waals surface area contributed by atoms with Crippen molar-refractivity contribution in [1.82, 2.24) is 0 Å². The highest BCUT2D eigenvalue weighted by Gasteiger charge is 1.96. The SMILES string of the molecule is CC.CCCCCC(C)CO. The number of aliphatic hydroxyl groups is 1. The van der Waals surface area contributed by atoms with E-state index >= 15 is 0 Å². The molecule has 0 spiro atoms. The minimum atomic E-state index is 0.351. The molecule has 0 aromatic rings. The molecule has 0 amide bonds. The van der Waals surface area contributed by atoms with Crippen molar-refractivity contribution < 1.29 is 5.11 Å². The van der Waals surface area contributed by atoms with Crippen LogP contribution in [0, 0.1) is 5.92 Å². The number of hydrogen-bond acceptors (Lipinski definition) is 1. The van der Waals surface area contributed by atoms with Gasteiger partial charge in [-0.1, -0.05) is 47.0 Å². The molecule has 0 bridgehead atoms. The zero-order valence-corrected chi connectivity index (χ0v) is 8.56. The Labute approximate surface area is 71.8 Å². The van der Waals surface area contributed by atoms with Crippen molar-refractivity contribution in [1.29, 1.82) is 0 Å². The Morgan fingerprint density at radius 3 is 2.09 bits per heavy atom. The van der Waals surface area contributed by atoms with Crippen molar-refractivity contribution in [2.24, 2.45) is 5.92 Å². The maximum absolute atomic E-state index is 8.63. The number of aliphatic hydroxyl groups excluding tert-OH is 1. The number of hydrogen-bond donors (Lipinski definition) is 1. The summed E-state index contributed by atoms with van der Waals surface area (Å²) in [6, 6.07) is 0. The summed E-state index contributed by atoms with van der Waals surface area (Å²) in [5.41, 5.74) is 0. The fourth-order valence-corrected chi connectivity index (χ4v) is 0.834. The number of unbranched alkanes of at least 4 members (excludes halogenated alkanes) is 2. The molecule has 0 rings (SSSR count). The van der Waals surface area contributed by atoms with E-state index in [1.54, 1.807) is 0 Å². The first-order chi connectivity index (χ1) is 5.31. The standard InChI is InChI=1S/C8H18O.C2H6/c1-3-4-5-6-8(2)7-9;1-2/h8-9H,3-7H2,1-2H3;1-2H3. The molecule has 0 aliphatic rings. The van der Waals surface area contributed by atoms with E-state index in [9.17, 15) is 0 Å². The van der Waals surface area contributed by atoms with E-state index in [-0.39, 0.29) is 0 Å². The Morgan fingerprint density at radius 2 is 1.73 bits per heavy atom. The normalized spacial score (nSPS) is 11.7. The van der Waals surface area contributed by atoms with E-state index in [2.05, 4.69) is 13.8 Å². The molecule has 0 radical (unpaired) electrons. The van der Waals surface area contributed by atoms with Gasteiger partial charge in [0.25, 0.3) is 0 Å². The molecule has 0 aliphatic heterocycles. The predicted octanol–water partition coefficient (Wildman–Crippen LogP) is 3.22. The minimum absolute atomic E-state index is 0.351. The van der Waals surface area contributed by atoms with Gasteiger partial charge in [-0.05, 0) is 12.3 Å². The minimum Gasteiger partial charge on any atom is -0.396 e. The summed E-state index contributed by atoms with van der Waals surface area (Å²) in [4.78, 5) is 0. The Balaban J connectivity index is 0. The molecular weight excluding hydrogens is 136 g/mol. The van der Waals surface area contributed by atoms with Crippen LogP contribution >= 0.6 is 0 Å². The van der Waals surface area contributed by atoms with Crippen LogP contribution in [0.4, 0.5) is 0 Å². The quantitative estimate of drug-likeness (QED) is 0.612. The highest BCUT2D eigenvalue weighted by Crippen LogP contribution is 2.07. The Morgan fingerprint density at radius 1 is 1.18 bits per heavy atom. The van der Waals surface area contributed by atoms with E-state index < -0.39 is 0 Å². The van der Waals surface area contributed by atoms with Gasteiger partial charge in [-0.15, -0.1) is 0 Å². The second kappa shape index (κ2) is 12.6. The van der Waals surface area contributed by atoms with E-state index in [0.717, 1.165) is 0 Å². The maximum Gasteiger partial charge on any atom is 0.0456 e. The topological polar surface area (TPSA) is 20.2 Å². The lowest BCUT2D eigenvalue weighted by Gasteiger charge is -2.04. The van der Waals surface area contributed by atoms with Crippen LogP contribution in [-0.2, 0) is 0 Å². The van der Waals surface area contributed by atoms with Crippen LogP contribution in [-0.4, -0.2) is 11.7 Å². The van der Waals surface area contributed by atoms with Gasteiger partial charge in [-0.25, -0.2) is 0 Å². The van der Waals surface area contributed by atoms with Crippen molar-refractivity contribution >= 4 is 0 Å². The summed E-state index contributed by atoms with van der Waals surface area (Å²) in [5, 5.41) is 8.63. The lowest BCUT2D eigenvalue weighted by atomic mass is 10.0. The van der Waals surface area contributed by atoms with Crippen molar-refractivity contribution in [3.63, 3.8) is 0 Å². The first-order valence-electron chi connectivity index (χ1n) is 4.92. The summed E-state index contributed by atoms with van der Waals surface area (Å²) in [5.74, 6) is 0.511. The van der Waals surface area contributed by atoms with Crippen LogP contribution in [0.2, 0.25) is 0 Å². The Bertz CT molecular complexity index is 52.8. The molecule has 0 saturated carbocycles. The molecular formula is C10H24O. The molecule has 1 unspecified atom stereocenters. The van der Waals surface area contributed by atoms with Crippen molar-refractivity contribution in [3.8, 4) is 0 Å². The Kier molecular flexibility index (Phi) is 15.5. The first-order valence-corrected chi connectivity index (χ1v) is 4.92. The van der Waals surface area contributed by atoms with Crippen LogP contribution in [0.15, 0.2) is 0 Å². The second-order valence-corrected chi connectivity index (χ2v) is 2.78. The Hall–Kier alpha value is -0.0400. The van der Waals surface area contributed by atoms with Crippen molar-refractivity contribution in [2.45, 2.75) is 53.4 Å². The van der Waals surface area contributed by atoms with Gasteiger partial charge in [0, 0.05) is 6.61 Å². The van der Waals surface area contributed by atoms with Gasteiger partial charge in [0.15, 0.2) is 0 Å². The molecule has 11 heavy (non-hydrogen) atoms. The fraction of sp³-hybridized carbons (Fsp3) is 1.00. The molecule has 0 aliphatic carbocycles. The van der Waals surface area contributed by atoms with Gasteiger partial charge in [0.2, 0.25) is 0 Å². The molecule has 1 N–H and O–H groups in total. The van der Waals surface area contributed by atoms with E-state index in [1.165, 1.54) is 25.7 Å². The molecule has 0 fully saturated rings. The van der Waals surface area contributed by atoms with Crippen LogP contribution in [0.1, 0.15) is 53.4 Å². The largest absolute Gasteiger partial charge is 0.396 e. The van der Waals surface area contributed by atoms with E-state index in [0.29, 0.717) is 12.5 Å². The van der Waals surface area contributed by atoms with E-state index in [1.807, 2.05) is 13.8 Å². The predicted molar refractivity (Wildman–Crippen MR) is 51.7 cm³/mol. The third-order valence-electron chi connectivity index (χ3n) is 1.61. The molecule has 0 aromatic carbocycles. The summed E-state index contributed by atoms with van der Waals surface area (Å²) in [7, 11) is 0. The average molecular weight is 160 g/mol. The zero-order valence-electron chi connectivity index (χ0n) is 8.56. The van der Waals surface area contributed by atoms with Crippen LogP contribution in [0.3, 0.4) is 0 Å².